The average molecular weight is 318 g/mol. The Morgan fingerprint density at radius 3 is 2.48 bits per heavy atom. The van der Waals surface area contributed by atoms with Gasteiger partial charge in [0.2, 0.25) is 5.91 Å². The van der Waals surface area contributed by atoms with Crippen LogP contribution in [0.25, 0.3) is 0 Å². The second-order valence-electron chi connectivity index (χ2n) is 6.15. The topological polar surface area (TPSA) is 58.6 Å². The first-order chi connectivity index (χ1) is 11.1. The number of likely N-dealkylation sites (tertiary alicyclic amines) is 1. The molecule has 1 aliphatic heterocycles. The minimum atomic E-state index is 0.0744. The number of amides is 2. The second-order valence-corrected chi connectivity index (χ2v) is 6.15. The van der Waals surface area contributed by atoms with Gasteiger partial charge in [-0.05, 0) is 37.8 Å². The molecule has 2 rings (SSSR count). The molecule has 0 spiro atoms. The van der Waals surface area contributed by atoms with E-state index in [2.05, 4.69) is 5.32 Å². The normalized spacial score (nSPS) is 15.5. The number of piperidine rings is 1. The standard InChI is InChI=1S/C18H26N2O3/c1-14-3-5-16(6-4-14)18(22)20-10-7-15(8-11-20)13-17(21)19-9-12-23-2/h3-6,15H,7-13H2,1-2H3,(H,19,21). The maximum absolute atomic E-state index is 12.4. The van der Waals surface area contributed by atoms with Crippen LogP contribution in [0.15, 0.2) is 24.3 Å². The van der Waals surface area contributed by atoms with Crippen molar-refractivity contribution in [2.24, 2.45) is 5.92 Å². The van der Waals surface area contributed by atoms with E-state index in [0.717, 1.165) is 37.1 Å². The Morgan fingerprint density at radius 1 is 1.22 bits per heavy atom. The number of methoxy groups -OCH3 is 1. The highest BCUT2D eigenvalue weighted by Gasteiger charge is 2.24. The molecule has 126 valence electrons. The molecule has 0 bridgehead atoms. The lowest BCUT2D eigenvalue weighted by Gasteiger charge is -2.31. The molecule has 1 aromatic rings. The van der Waals surface area contributed by atoms with Crippen molar-refractivity contribution >= 4 is 11.8 Å². The lowest BCUT2D eigenvalue weighted by atomic mass is 9.93. The van der Waals surface area contributed by atoms with Gasteiger partial charge in [-0.1, -0.05) is 17.7 Å². The number of benzene rings is 1. The molecule has 1 heterocycles. The zero-order valence-corrected chi connectivity index (χ0v) is 14.0. The SMILES string of the molecule is COCCNC(=O)CC1CCN(C(=O)c2ccc(C)cc2)CC1. The predicted octanol–water partition coefficient (Wildman–Crippen LogP) is 2.00. The van der Waals surface area contributed by atoms with Crippen LogP contribution in [0.4, 0.5) is 0 Å². The highest BCUT2D eigenvalue weighted by molar-refractivity contribution is 5.94. The molecule has 1 aliphatic rings. The minimum Gasteiger partial charge on any atom is -0.383 e. The van der Waals surface area contributed by atoms with Crippen molar-refractivity contribution in [2.45, 2.75) is 26.2 Å². The Kier molecular flexibility index (Phi) is 6.59. The van der Waals surface area contributed by atoms with Crippen molar-refractivity contribution in [2.75, 3.05) is 33.4 Å². The fourth-order valence-corrected chi connectivity index (χ4v) is 2.85. The van der Waals surface area contributed by atoms with Crippen LogP contribution in [0, 0.1) is 12.8 Å². The summed E-state index contributed by atoms with van der Waals surface area (Å²) in [6.45, 7) is 4.55. The minimum absolute atomic E-state index is 0.0744. The van der Waals surface area contributed by atoms with Crippen LogP contribution in [0.5, 0.6) is 0 Å². The fourth-order valence-electron chi connectivity index (χ4n) is 2.85. The number of rotatable bonds is 6. The second kappa shape index (κ2) is 8.67. The summed E-state index contributed by atoms with van der Waals surface area (Å²) >= 11 is 0. The average Bonchev–Trinajstić information content (AvgIpc) is 2.56. The van der Waals surface area contributed by atoms with Crippen LogP contribution in [0.2, 0.25) is 0 Å². The summed E-state index contributed by atoms with van der Waals surface area (Å²) in [7, 11) is 1.62. The van der Waals surface area contributed by atoms with Gasteiger partial charge in [-0.3, -0.25) is 9.59 Å². The predicted molar refractivity (Wildman–Crippen MR) is 89.3 cm³/mol. The summed E-state index contributed by atoms with van der Waals surface area (Å²) in [5.41, 5.74) is 1.89. The van der Waals surface area contributed by atoms with E-state index in [0.29, 0.717) is 25.5 Å². The molecule has 5 nitrogen and oxygen atoms in total. The summed E-state index contributed by atoms with van der Waals surface area (Å²) < 4.78 is 4.91. The number of carbonyl (C=O) groups is 2. The third-order valence-corrected chi connectivity index (χ3v) is 4.30. The van der Waals surface area contributed by atoms with Crippen molar-refractivity contribution in [3.63, 3.8) is 0 Å². The van der Waals surface area contributed by atoms with E-state index in [4.69, 9.17) is 4.74 Å². The Morgan fingerprint density at radius 2 is 1.87 bits per heavy atom. The van der Waals surface area contributed by atoms with Gasteiger partial charge in [-0.2, -0.15) is 0 Å². The molecule has 1 fully saturated rings. The van der Waals surface area contributed by atoms with Gasteiger partial charge in [-0.15, -0.1) is 0 Å². The van der Waals surface area contributed by atoms with Crippen LogP contribution in [-0.4, -0.2) is 50.1 Å². The van der Waals surface area contributed by atoms with E-state index in [1.807, 2.05) is 36.1 Å². The first-order valence-corrected chi connectivity index (χ1v) is 8.21. The van der Waals surface area contributed by atoms with Gasteiger partial charge < -0.3 is 15.0 Å². The molecule has 5 heteroatoms. The Labute approximate surface area is 138 Å². The molecular formula is C18H26N2O3. The number of nitrogens with one attached hydrogen (secondary N) is 1. The highest BCUT2D eigenvalue weighted by atomic mass is 16.5. The van der Waals surface area contributed by atoms with Gasteiger partial charge in [0.25, 0.3) is 5.91 Å². The molecule has 0 aromatic heterocycles. The summed E-state index contributed by atoms with van der Waals surface area (Å²) in [5, 5.41) is 2.85. The molecular weight excluding hydrogens is 292 g/mol. The van der Waals surface area contributed by atoms with Crippen LogP contribution >= 0.6 is 0 Å². The number of aryl methyl sites for hydroxylation is 1. The molecule has 0 radical (unpaired) electrons. The zero-order valence-electron chi connectivity index (χ0n) is 14.0. The molecule has 23 heavy (non-hydrogen) atoms. The monoisotopic (exact) mass is 318 g/mol. The zero-order chi connectivity index (χ0) is 16.7. The van der Waals surface area contributed by atoms with Crippen molar-refractivity contribution < 1.29 is 14.3 Å². The number of ether oxygens (including phenoxy) is 1. The smallest absolute Gasteiger partial charge is 0.253 e. The maximum Gasteiger partial charge on any atom is 0.253 e. The molecule has 0 atom stereocenters. The Hall–Kier alpha value is -1.88. The van der Waals surface area contributed by atoms with Crippen molar-refractivity contribution in [1.82, 2.24) is 10.2 Å². The van der Waals surface area contributed by atoms with Crippen LogP contribution in [0.3, 0.4) is 0 Å². The Bertz CT molecular complexity index is 520. The largest absolute Gasteiger partial charge is 0.383 e. The molecule has 2 amide bonds. The summed E-state index contributed by atoms with van der Waals surface area (Å²) in [6, 6.07) is 7.69. The van der Waals surface area contributed by atoms with Crippen molar-refractivity contribution in [3.05, 3.63) is 35.4 Å². The van der Waals surface area contributed by atoms with Gasteiger partial charge in [0.15, 0.2) is 0 Å². The van der Waals surface area contributed by atoms with Gasteiger partial charge >= 0.3 is 0 Å². The Balaban J connectivity index is 1.76. The molecule has 1 N–H and O–H groups in total. The molecule has 1 saturated heterocycles. The van der Waals surface area contributed by atoms with E-state index in [1.165, 1.54) is 0 Å². The van der Waals surface area contributed by atoms with E-state index in [1.54, 1.807) is 7.11 Å². The summed E-state index contributed by atoms with van der Waals surface area (Å²) in [4.78, 5) is 26.1. The van der Waals surface area contributed by atoms with Gasteiger partial charge in [-0.25, -0.2) is 0 Å². The molecule has 0 aliphatic carbocycles. The summed E-state index contributed by atoms with van der Waals surface area (Å²) in [6.07, 6.45) is 2.31. The van der Waals surface area contributed by atoms with Gasteiger partial charge in [0, 0.05) is 38.7 Å². The van der Waals surface area contributed by atoms with Gasteiger partial charge in [0.05, 0.1) is 6.61 Å². The molecule has 0 unspecified atom stereocenters. The van der Waals surface area contributed by atoms with E-state index in [-0.39, 0.29) is 11.8 Å². The third kappa shape index (κ3) is 5.36. The lowest BCUT2D eigenvalue weighted by Crippen LogP contribution is -2.39. The van der Waals surface area contributed by atoms with Crippen LogP contribution in [0.1, 0.15) is 35.2 Å². The van der Waals surface area contributed by atoms with Crippen molar-refractivity contribution in [1.29, 1.82) is 0 Å². The van der Waals surface area contributed by atoms with Crippen molar-refractivity contribution in [3.8, 4) is 0 Å². The van der Waals surface area contributed by atoms with E-state index < -0.39 is 0 Å². The first kappa shape index (κ1) is 17.5. The van der Waals surface area contributed by atoms with Crippen LogP contribution < -0.4 is 5.32 Å². The number of nitrogens with zero attached hydrogens (tertiary/aromatic N) is 1. The third-order valence-electron chi connectivity index (χ3n) is 4.30. The molecule has 1 aromatic carbocycles. The fraction of sp³-hybridized carbons (Fsp3) is 0.556. The van der Waals surface area contributed by atoms with Gasteiger partial charge in [0.1, 0.15) is 0 Å². The lowest BCUT2D eigenvalue weighted by molar-refractivity contribution is -0.122. The number of carbonyl (C=O) groups excluding carboxylic acids is 2. The summed E-state index contributed by atoms with van der Waals surface area (Å²) in [5.74, 6) is 0.526. The van der Waals surface area contributed by atoms with E-state index in [9.17, 15) is 9.59 Å². The highest BCUT2D eigenvalue weighted by Crippen LogP contribution is 2.22. The number of hydrogen-bond donors (Lipinski definition) is 1. The maximum atomic E-state index is 12.4. The first-order valence-electron chi connectivity index (χ1n) is 8.21. The van der Waals surface area contributed by atoms with E-state index >= 15 is 0 Å². The molecule has 0 saturated carbocycles. The van der Waals surface area contributed by atoms with Crippen LogP contribution in [-0.2, 0) is 9.53 Å². The number of hydrogen-bond acceptors (Lipinski definition) is 3. The quantitative estimate of drug-likeness (QED) is 0.816.